The summed E-state index contributed by atoms with van der Waals surface area (Å²) >= 11 is 0. The van der Waals surface area contributed by atoms with Gasteiger partial charge in [0.25, 0.3) is 0 Å². The van der Waals surface area contributed by atoms with Gasteiger partial charge in [-0.2, -0.15) is 0 Å². The second-order valence-electron chi connectivity index (χ2n) is 7.57. The number of nitrogens with zero attached hydrogens (tertiary/aromatic N) is 5. The Bertz CT molecular complexity index is 910. The summed E-state index contributed by atoms with van der Waals surface area (Å²) < 4.78 is 2.42. The van der Waals surface area contributed by atoms with Crippen molar-refractivity contribution >= 4 is 16.6 Å². The number of aromatic nitrogens is 4. The molecule has 1 atom stereocenters. The van der Waals surface area contributed by atoms with Crippen molar-refractivity contribution in [3.8, 4) is 0 Å². The van der Waals surface area contributed by atoms with Crippen molar-refractivity contribution in [2.75, 3.05) is 18.0 Å². The van der Waals surface area contributed by atoms with E-state index in [1.165, 1.54) is 54.8 Å². The average Bonchev–Trinajstić information content (AvgIpc) is 2.96. The predicted octanol–water partition coefficient (Wildman–Crippen LogP) is 3.94. The first-order valence-electron chi connectivity index (χ1n) is 9.91. The summed E-state index contributed by atoms with van der Waals surface area (Å²) in [6, 6.07) is 10.6. The SMILES string of the molecule is c1ccc2c(N3CCCC(c4nnc5n4CCCCC5)C3)ccnc2c1. The molecule has 1 aromatic carbocycles. The fraction of sp³-hybridized carbons (Fsp3) is 0.476. The summed E-state index contributed by atoms with van der Waals surface area (Å²) in [4.78, 5) is 7.04. The fourth-order valence-corrected chi connectivity index (χ4v) is 4.57. The molecule has 5 heteroatoms. The highest BCUT2D eigenvalue weighted by atomic mass is 15.3. The van der Waals surface area contributed by atoms with E-state index in [2.05, 4.69) is 55.0 Å². The molecular formula is C21H25N5. The normalized spacial score (nSPS) is 20.8. The molecule has 0 bridgehead atoms. The molecule has 3 aromatic rings. The third kappa shape index (κ3) is 2.75. The van der Waals surface area contributed by atoms with Gasteiger partial charge in [-0.1, -0.05) is 24.6 Å². The van der Waals surface area contributed by atoms with Gasteiger partial charge < -0.3 is 9.47 Å². The van der Waals surface area contributed by atoms with Crippen LogP contribution in [-0.4, -0.2) is 32.8 Å². The maximum atomic E-state index is 4.63. The number of hydrogen-bond donors (Lipinski definition) is 0. The van der Waals surface area contributed by atoms with E-state index in [4.69, 9.17) is 0 Å². The third-order valence-corrected chi connectivity index (χ3v) is 5.89. The topological polar surface area (TPSA) is 46.8 Å². The highest BCUT2D eigenvalue weighted by Gasteiger charge is 2.28. The van der Waals surface area contributed by atoms with Crippen LogP contribution >= 0.6 is 0 Å². The van der Waals surface area contributed by atoms with E-state index in [0.717, 1.165) is 31.6 Å². The Morgan fingerprint density at radius 1 is 0.923 bits per heavy atom. The number of rotatable bonds is 2. The van der Waals surface area contributed by atoms with E-state index >= 15 is 0 Å². The summed E-state index contributed by atoms with van der Waals surface area (Å²) in [5.74, 6) is 2.88. The van der Waals surface area contributed by atoms with E-state index in [0.29, 0.717) is 5.92 Å². The van der Waals surface area contributed by atoms with Crippen molar-refractivity contribution in [1.29, 1.82) is 0 Å². The maximum Gasteiger partial charge on any atom is 0.137 e. The van der Waals surface area contributed by atoms with Crippen molar-refractivity contribution in [3.63, 3.8) is 0 Å². The Balaban J connectivity index is 1.46. The number of anilines is 1. The van der Waals surface area contributed by atoms with Gasteiger partial charge in [0.2, 0.25) is 0 Å². The first-order valence-corrected chi connectivity index (χ1v) is 9.91. The van der Waals surface area contributed by atoms with Gasteiger partial charge in [-0.15, -0.1) is 10.2 Å². The van der Waals surface area contributed by atoms with E-state index < -0.39 is 0 Å². The van der Waals surface area contributed by atoms with Gasteiger partial charge >= 0.3 is 0 Å². The molecule has 26 heavy (non-hydrogen) atoms. The molecule has 0 aliphatic carbocycles. The van der Waals surface area contributed by atoms with Crippen LogP contribution in [0.15, 0.2) is 36.5 Å². The minimum absolute atomic E-state index is 0.468. The summed E-state index contributed by atoms with van der Waals surface area (Å²) in [6.45, 7) is 3.21. The maximum absolute atomic E-state index is 4.63. The van der Waals surface area contributed by atoms with Crippen molar-refractivity contribution < 1.29 is 0 Å². The molecule has 5 nitrogen and oxygen atoms in total. The third-order valence-electron chi connectivity index (χ3n) is 5.89. The molecule has 1 fully saturated rings. The van der Waals surface area contributed by atoms with Crippen molar-refractivity contribution in [2.24, 2.45) is 0 Å². The quantitative estimate of drug-likeness (QED) is 0.704. The van der Waals surface area contributed by atoms with E-state index in [1.54, 1.807) is 0 Å². The molecule has 0 spiro atoms. The van der Waals surface area contributed by atoms with Crippen LogP contribution in [0.2, 0.25) is 0 Å². The number of hydrogen-bond acceptors (Lipinski definition) is 4. The number of aryl methyl sites for hydroxylation is 1. The molecule has 0 saturated carbocycles. The molecule has 5 rings (SSSR count). The Morgan fingerprint density at radius 3 is 2.88 bits per heavy atom. The van der Waals surface area contributed by atoms with Crippen LogP contribution in [0.3, 0.4) is 0 Å². The van der Waals surface area contributed by atoms with Crippen molar-refractivity contribution in [2.45, 2.75) is 51.0 Å². The molecule has 0 N–H and O–H groups in total. The standard InChI is InChI=1S/C21H25N5/c1-2-10-20-23-24-21(26(20)14-5-1)16-7-6-13-25(15-16)19-11-12-22-18-9-4-3-8-17(18)19/h3-4,8-9,11-12,16H,1-2,5-7,10,13-15H2. The van der Waals surface area contributed by atoms with Crippen LogP contribution in [0.4, 0.5) is 5.69 Å². The molecule has 4 heterocycles. The zero-order valence-corrected chi connectivity index (χ0v) is 15.1. The number of piperidine rings is 1. The van der Waals surface area contributed by atoms with E-state index in [1.807, 2.05) is 6.20 Å². The Labute approximate surface area is 154 Å². The fourth-order valence-electron chi connectivity index (χ4n) is 4.57. The zero-order valence-electron chi connectivity index (χ0n) is 15.1. The van der Waals surface area contributed by atoms with Crippen LogP contribution in [0.1, 0.15) is 49.7 Å². The lowest BCUT2D eigenvalue weighted by atomic mass is 9.96. The Kier molecular flexibility index (Phi) is 4.07. The Morgan fingerprint density at radius 2 is 1.88 bits per heavy atom. The summed E-state index contributed by atoms with van der Waals surface area (Å²) in [5, 5.41) is 10.4. The number of pyridine rings is 1. The molecular weight excluding hydrogens is 322 g/mol. The number of fused-ring (bicyclic) bond motifs is 2. The van der Waals surface area contributed by atoms with Gasteiger partial charge in [0.15, 0.2) is 0 Å². The first-order chi connectivity index (χ1) is 12.9. The van der Waals surface area contributed by atoms with Gasteiger partial charge in [-0.05, 0) is 37.8 Å². The number of benzene rings is 1. The lowest BCUT2D eigenvalue weighted by Crippen LogP contribution is -2.35. The van der Waals surface area contributed by atoms with Crippen LogP contribution in [-0.2, 0) is 13.0 Å². The second kappa shape index (κ2) is 6.71. The smallest absolute Gasteiger partial charge is 0.137 e. The molecule has 0 amide bonds. The zero-order chi connectivity index (χ0) is 17.3. The van der Waals surface area contributed by atoms with Crippen LogP contribution in [0.25, 0.3) is 10.9 Å². The van der Waals surface area contributed by atoms with E-state index in [9.17, 15) is 0 Å². The van der Waals surface area contributed by atoms with Crippen LogP contribution in [0.5, 0.6) is 0 Å². The van der Waals surface area contributed by atoms with Crippen molar-refractivity contribution in [1.82, 2.24) is 19.7 Å². The second-order valence-corrected chi connectivity index (χ2v) is 7.57. The predicted molar refractivity (Wildman–Crippen MR) is 104 cm³/mol. The summed E-state index contributed by atoms with van der Waals surface area (Å²) in [5.41, 5.74) is 2.37. The molecule has 134 valence electrons. The monoisotopic (exact) mass is 347 g/mol. The van der Waals surface area contributed by atoms with Crippen molar-refractivity contribution in [3.05, 3.63) is 48.2 Å². The summed E-state index contributed by atoms with van der Waals surface area (Å²) in [7, 11) is 0. The average molecular weight is 347 g/mol. The molecule has 2 aliphatic heterocycles. The van der Waals surface area contributed by atoms with Gasteiger partial charge in [0, 0.05) is 49.2 Å². The highest BCUT2D eigenvalue weighted by Crippen LogP contribution is 2.33. The minimum Gasteiger partial charge on any atom is -0.370 e. The molecule has 0 radical (unpaired) electrons. The lowest BCUT2D eigenvalue weighted by Gasteiger charge is -2.34. The number of para-hydroxylation sites is 1. The summed E-state index contributed by atoms with van der Waals surface area (Å²) in [6.07, 6.45) is 9.23. The first kappa shape index (κ1) is 15.8. The van der Waals surface area contributed by atoms with Crippen LogP contribution < -0.4 is 4.90 Å². The lowest BCUT2D eigenvalue weighted by molar-refractivity contribution is 0.466. The largest absolute Gasteiger partial charge is 0.370 e. The molecule has 1 saturated heterocycles. The molecule has 1 unspecified atom stereocenters. The van der Waals surface area contributed by atoms with Gasteiger partial charge in [0.1, 0.15) is 11.6 Å². The van der Waals surface area contributed by atoms with Gasteiger partial charge in [0.05, 0.1) is 5.52 Å². The highest BCUT2D eigenvalue weighted by molar-refractivity contribution is 5.91. The van der Waals surface area contributed by atoms with Crippen LogP contribution in [0, 0.1) is 0 Å². The Hall–Kier alpha value is -2.43. The molecule has 2 aliphatic rings. The van der Waals surface area contributed by atoms with E-state index in [-0.39, 0.29) is 0 Å². The minimum atomic E-state index is 0.468. The van der Waals surface area contributed by atoms with Gasteiger partial charge in [-0.25, -0.2) is 0 Å². The van der Waals surface area contributed by atoms with Gasteiger partial charge in [-0.3, -0.25) is 4.98 Å². The molecule has 2 aromatic heterocycles.